The third kappa shape index (κ3) is 3.61. The second kappa shape index (κ2) is 7.83. The Morgan fingerprint density at radius 1 is 1.14 bits per heavy atom. The van der Waals surface area contributed by atoms with Crippen molar-refractivity contribution in [3.8, 4) is 16.9 Å². The Labute approximate surface area is 168 Å². The monoisotopic (exact) mass is 388 g/mol. The highest BCUT2D eigenvalue weighted by Crippen LogP contribution is 2.28. The zero-order valence-corrected chi connectivity index (χ0v) is 16.3. The van der Waals surface area contributed by atoms with E-state index in [1.165, 1.54) is 12.1 Å². The van der Waals surface area contributed by atoms with Crippen molar-refractivity contribution in [1.82, 2.24) is 20.1 Å². The van der Waals surface area contributed by atoms with E-state index in [0.29, 0.717) is 17.8 Å². The van der Waals surface area contributed by atoms with Crippen LogP contribution in [-0.4, -0.2) is 27.2 Å². The molecule has 2 aromatic heterocycles. The minimum Gasteiger partial charge on any atom is -0.352 e. The predicted molar refractivity (Wildman–Crippen MR) is 112 cm³/mol. The SMILES string of the molecule is CCCNC(=O)c1cc(-c2cnn(-c3ccc(F)cc3)c2C)nc2ccccc12. The fourth-order valence-corrected chi connectivity index (χ4v) is 3.34. The van der Waals surface area contributed by atoms with E-state index in [2.05, 4.69) is 10.4 Å². The van der Waals surface area contributed by atoms with Crippen molar-refractivity contribution in [2.75, 3.05) is 6.54 Å². The molecule has 0 spiro atoms. The Hall–Kier alpha value is -3.54. The molecule has 1 N–H and O–H groups in total. The first kappa shape index (κ1) is 18.8. The fourth-order valence-electron chi connectivity index (χ4n) is 3.34. The molecule has 29 heavy (non-hydrogen) atoms. The van der Waals surface area contributed by atoms with Crippen molar-refractivity contribution in [1.29, 1.82) is 0 Å². The van der Waals surface area contributed by atoms with E-state index in [0.717, 1.165) is 34.3 Å². The number of hydrogen-bond acceptors (Lipinski definition) is 3. The molecule has 0 saturated carbocycles. The number of para-hydroxylation sites is 1. The molecule has 5 nitrogen and oxygen atoms in total. The number of halogens is 1. The quantitative estimate of drug-likeness (QED) is 0.540. The number of carbonyl (C=O) groups excluding carboxylic acids is 1. The van der Waals surface area contributed by atoms with Gasteiger partial charge in [-0.2, -0.15) is 5.10 Å². The summed E-state index contributed by atoms with van der Waals surface area (Å²) >= 11 is 0. The molecule has 0 aliphatic rings. The maximum absolute atomic E-state index is 13.3. The predicted octanol–water partition coefficient (Wildman–Crippen LogP) is 4.67. The van der Waals surface area contributed by atoms with Crippen molar-refractivity contribution in [3.05, 3.63) is 77.9 Å². The number of fused-ring (bicyclic) bond motifs is 1. The summed E-state index contributed by atoms with van der Waals surface area (Å²) in [7, 11) is 0. The van der Waals surface area contributed by atoms with Crippen molar-refractivity contribution in [2.24, 2.45) is 0 Å². The molecule has 4 rings (SSSR count). The third-order valence-corrected chi connectivity index (χ3v) is 4.85. The highest BCUT2D eigenvalue weighted by atomic mass is 19.1. The van der Waals surface area contributed by atoms with E-state index in [1.54, 1.807) is 23.0 Å². The van der Waals surface area contributed by atoms with E-state index < -0.39 is 0 Å². The Kier molecular flexibility index (Phi) is 5.08. The minimum atomic E-state index is -0.294. The third-order valence-electron chi connectivity index (χ3n) is 4.85. The number of pyridine rings is 1. The summed E-state index contributed by atoms with van der Waals surface area (Å²) in [6.45, 7) is 4.56. The lowest BCUT2D eigenvalue weighted by Gasteiger charge is -2.10. The maximum Gasteiger partial charge on any atom is 0.252 e. The topological polar surface area (TPSA) is 59.8 Å². The molecule has 0 aliphatic heterocycles. The number of hydrogen-bond donors (Lipinski definition) is 1. The molecule has 146 valence electrons. The molecule has 2 heterocycles. The van der Waals surface area contributed by atoms with Gasteiger partial charge in [-0.3, -0.25) is 4.79 Å². The number of rotatable bonds is 5. The largest absolute Gasteiger partial charge is 0.352 e. The summed E-state index contributed by atoms with van der Waals surface area (Å²) < 4.78 is 15.0. The van der Waals surface area contributed by atoms with Gasteiger partial charge in [0.1, 0.15) is 5.82 Å². The van der Waals surface area contributed by atoms with E-state index >= 15 is 0 Å². The lowest BCUT2D eigenvalue weighted by atomic mass is 10.0. The van der Waals surface area contributed by atoms with Gasteiger partial charge in [-0.05, 0) is 49.7 Å². The van der Waals surface area contributed by atoms with Gasteiger partial charge in [-0.25, -0.2) is 14.1 Å². The number of amides is 1. The van der Waals surface area contributed by atoms with E-state index in [4.69, 9.17) is 4.98 Å². The molecule has 0 radical (unpaired) electrons. The average Bonchev–Trinajstić information content (AvgIpc) is 3.13. The Balaban J connectivity index is 1.82. The number of nitrogens with one attached hydrogen (secondary N) is 1. The van der Waals surface area contributed by atoms with E-state index in [-0.39, 0.29) is 11.7 Å². The molecule has 6 heteroatoms. The number of aromatic nitrogens is 3. The highest BCUT2D eigenvalue weighted by molar-refractivity contribution is 6.07. The van der Waals surface area contributed by atoms with Crippen LogP contribution < -0.4 is 5.32 Å². The van der Waals surface area contributed by atoms with Gasteiger partial charge in [0.15, 0.2) is 0 Å². The zero-order chi connectivity index (χ0) is 20.4. The van der Waals surface area contributed by atoms with E-state index in [1.807, 2.05) is 44.2 Å². The van der Waals surface area contributed by atoms with Gasteiger partial charge >= 0.3 is 0 Å². The summed E-state index contributed by atoms with van der Waals surface area (Å²) in [5, 5.41) is 8.21. The molecule has 1 amide bonds. The second-order valence-corrected chi connectivity index (χ2v) is 6.86. The van der Waals surface area contributed by atoms with Crippen LogP contribution in [0.15, 0.2) is 60.8 Å². The minimum absolute atomic E-state index is 0.115. The lowest BCUT2D eigenvalue weighted by Crippen LogP contribution is -2.24. The van der Waals surface area contributed by atoms with Crippen LogP contribution in [0.4, 0.5) is 4.39 Å². The number of benzene rings is 2. The first-order valence-electron chi connectivity index (χ1n) is 9.57. The standard InChI is InChI=1S/C23H21FN4O/c1-3-12-25-23(29)19-13-22(27-21-7-5-4-6-18(19)21)20-14-26-28(15(20)2)17-10-8-16(24)9-11-17/h4-11,13-14H,3,12H2,1-2H3,(H,25,29). The smallest absolute Gasteiger partial charge is 0.252 e. The van der Waals surface area contributed by atoms with Crippen LogP contribution in [0.2, 0.25) is 0 Å². The summed E-state index contributed by atoms with van der Waals surface area (Å²) in [6, 6.07) is 15.6. The Morgan fingerprint density at radius 2 is 1.90 bits per heavy atom. The van der Waals surface area contributed by atoms with Crippen molar-refractivity contribution < 1.29 is 9.18 Å². The van der Waals surface area contributed by atoms with Crippen LogP contribution in [0, 0.1) is 12.7 Å². The van der Waals surface area contributed by atoms with Crippen LogP contribution in [0.1, 0.15) is 29.4 Å². The summed E-state index contributed by atoms with van der Waals surface area (Å²) in [5.74, 6) is -0.409. The fraction of sp³-hybridized carbons (Fsp3) is 0.174. The van der Waals surface area contributed by atoms with Crippen molar-refractivity contribution in [3.63, 3.8) is 0 Å². The van der Waals surface area contributed by atoms with Crippen molar-refractivity contribution >= 4 is 16.8 Å². The van der Waals surface area contributed by atoms with Gasteiger partial charge < -0.3 is 5.32 Å². The van der Waals surface area contributed by atoms with Gasteiger partial charge in [0.2, 0.25) is 0 Å². The summed E-state index contributed by atoms with van der Waals surface area (Å²) in [4.78, 5) is 17.5. The highest BCUT2D eigenvalue weighted by Gasteiger charge is 2.17. The first-order chi connectivity index (χ1) is 14.1. The first-order valence-corrected chi connectivity index (χ1v) is 9.57. The van der Waals surface area contributed by atoms with Crippen LogP contribution >= 0.6 is 0 Å². The summed E-state index contributed by atoms with van der Waals surface area (Å²) in [5.41, 5.74) is 4.46. The molecule has 0 bridgehead atoms. The number of nitrogens with zero attached hydrogens (tertiary/aromatic N) is 3. The van der Waals surface area contributed by atoms with Gasteiger partial charge in [0.25, 0.3) is 5.91 Å². The molecule has 0 atom stereocenters. The van der Waals surface area contributed by atoms with Crippen molar-refractivity contribution in [2.45, 2.75) is 20.3 Å². The molecule has 0 unspecified atom stereocenters. The zero-order valence-electron chi connectivity index (χ0n) is 16.3. The number of carbonyl (C=O) groups is 1. The van der Waals surface area contributed by atoms with Gasteiger partial charge in [0.05, 0.1) is 34.4 Å². The average molecular weight is 388 g/mol. The molecule has 0 aliphatic carbocycles. The van der Waals surface area contributed by atoms with Crippen LogP contribution in [0.3, 0.4) is 0 Å². The maximum atomic E-state index is 13.3. The van der Waals surface area contributed by atoms with Gasteiger partial charge in [-0.15, -0.1) is 0 Å². The van der Waals surface area contributed by atoms with Crippen LogP contribution in [0.25, 0.3) is 27.8 Å². The second-order valence-electron chi connectivity index (χ2n) is 6.86. The molecule has 0 saturated heterocycles. The van der Waals surface area contributed by atoms with Crippen LogP contribution in [-0.2, 0) is 0 Å². The molecule has 0 fully saturated rings. The molecule has 2 aromatic carbocycles. The lowest BCUT2D eigenvalue weighted by molar-refractivity contribution is 0.0955. The van der Waals surface area contributed by atoms with Crippen LogP contribution in [0.5, 0.6) is 0 Å². The molecular formula is C23H21FN4O. The molecule has 4 aromatic rings. The normalized spacial score (nSPS) is 11.0. The van der Waals surface area contributed by atoms with Gasteiger partial charge in [-0.1, -0.05) is 25.1 Å². The van der Waals surface area contributed by atoms with E-state index in [9.17, 15) is 9.18 Å². The Morgan fingerprint density at radius 3 is 2.66 bits per heavy atom. The molecular weight excluding hydrogens is 367 g/mol. The Bertz CT molecular complexity index is 1180. The van der Waals surface area contributed by atoms with Gasteiger partial charge in [0, 0.05) is 17.5 Å². The summed E-state index contributed by atoms with van der Waals surface area (Å²) in [6.07, 6.45) is 2.59.